The van der Waals surface area contributed by atoms with Crippen LogP contribution in [0, 0.1) is 6.92 Å². The fraction of sp³-hybridized carbons (Fsp3) is 0.438. The Hall–Kier alpha value is -1.61. The van der Waals surface area contributed by atoms with Crippen LogP contribution in [0.1, 0.15) is 43.2 Å². The lowest BCUT2D eigenvalue weighted by atomic mass is 9.87. The van der Waals surface area contributed by atoms with Crippen LogP contribution in [0.3, 0.4) is 0 Å². The molecule has 0 aliphatic heterocycles. The monoisotopic (exact) mass is 257 g/mol. The van der Waals surface area contributed by atoms with E-state index < -0.39 is 0 Å². The van der Waals surface area contributed by atoms with Gasteiger partial charge in [-0.05, 0) is 23.5 Å². The molecular weight excluding hydrogens is 234 g/mol. The Labute approximate surface area is 115 Å². The van der Waals surface area contributed by atoms with Crippen molar-refractivity contribution in [3.63, 3.8) is 0 Å². The smallest absolute Gasteiger partial charge is 0.0659 e. The molecule has 0 aliphatic rings. The number of aromatic nitrogens is 2. The lowest BCUT2D eigenvalue weighted by molar-refractivity contribution is 0.589. The second-order valence-corrected chi connectivity index (χ2v) is 6.09. The third-order valence-corrected chi connectivity index (χ3v) is 3.43. The van der Waals surface area contributed by atoms with Crippen LogP contribution in [-0.4, -0.2) is 9.78 Å². The van der Waals surface area contributed by atoms with Gasteiger partial charge in [-0.25, -0.2) is 0 Å². The lowest BCUT2D eigenvalue weighted by Crippen LogP contribution is -2.11. The summed E-state index contributed by atoms with van der Waals surface area (Å²) in [6, 6.07) is 8.77. The van der Waals surface area contributed by atoms with Crippen LogP contribution in [0.15, 0.2) is 30.5 Å². The van der Waals surface area contributed by atoms with Gasteiger partial charge >= 0.3 is 0 Å². The van der Waals surface area contributed by atoms with Crippen LogP contribution in [0.25, 0.3) is 0 Å². The summed E-state index contributed by atoms with van der Waals surface area (Å²) in [7, 11) is 0. The fourth-order valence-corrected chi connectivity index (χ4v) is 2.14. The molecule has 0 bridgehead atoms. The molecule has 2 N–H and O–H groups in total. The third kappa shape index (κ3) is 3.24. The predicted octanol–water partition coefficient (Wildman–Crippen LogP) is 3.00. The van der Waals surface area contributed by atoms with E-state index in [9.17, 15) is 0 Å². The quantitative estimate of drug-likeness (QED) is 0.918. The first kappa shape index (κ1) is 13.8. The van der Waals surface area contributed by atoms with Crippen molar-refractivity contribution in [3.8, 4) is 0 Å². The maximum absolute atomic E-state index is 5.67. The number of nitrogens with two attached hydrogens (primary N) is 1. The molecule has 102 valence electrons. The predicted molar refractivity (Wildman–Crippen MR) is 79.1 cm³/mol. The van der Waals surface area contributed by atoms with Gasteiger partial charge in [0.2, 0.25) is 0 Å². The summed E-state index contributed by atoms with van der Waals surface area (Å²) in [5.74, 6) is 0. The number of rotatable bonds is 3. The fourth-order valence-electron chi connectivity index (χ4n) is 2.14. The van der Waals surface area contributed by atoms with Gasteiger partial charge in [-0.15, -0.1) is 0 Å². The summed E-state index contributed by atoms with van der Waals surface area (Å²) in [6.07, 6.45) is 2.03. The molecule has 0 spiro atoms. The van der Waals surface area contributed by atoms with Crippen molar-refractivity contribution >= 4 is 0 Å². The van der Waals surface area contributed by atoms with Gasteiger partial charge in [0.05, 0.1) is 12.2 Å². The van der Waals surface area contributed by atoms with Gasteiger partial charge in [0.25, 0.3) is 0 Å². The van der Waals surface area contributed by atoms with Crippen molar-refractivity contribution in [2.75, 3.05) is 0 Å². The second kappa shape index (κ2) is 5.17. The molecule has 19 heavy (non-hydrogen) atoms. The summed E-state index contributed by atoms with van der Waals surface area (Å²) >= 11 is 0. The SMILES string of the molecule is Cc1nn(Cc2ccc(C(C)(C)C)cc2)cc1CN. The number of hydrogen-bond acceptors (Lipinski definition) is 2. The molecule has 0 saturated heterocycles. The first-order valence-corrected chi connectivity index (χ1v) is 6.72. The molecule has 3 heteroatoms. The van der Waals surface area contributed by atoms with E-state index in [1.54, 1.807) is 0 Å². The van der Waals surface area contributed by atoms with Gasteiger partial charge in [0.15, 0.2) is 0 Å². The average molecular weight is 257 g/mol. The highest BCUT2D eigenvalue weighted by Crippen LogP contribution is 2.22. The molecule has 0 unspecified atom stereocenters. The zero-order chi connectivity index (χ0) is 14.0. The normalized spacial score (nSPS) is 11.8. The highest BCUT2D eigenvalue weighted by molar-refractivity contribution is 5.28. The minimum absolute atomic E-state index is 0.202. The Kier molecular flexibility index (Phi) is 3.76. The molecule has 2 rings (SSSR count). The van der Waals surface area contributed by atoms with E-state index in [0.717, 1.165) is 17.8 Å². The van der Waals surface area contributed by atoms with Gasteiger partial charge in [-0.3, -0.25) is 4.68 Å². The minimum atomic E-state index is 0.202. The van der Waals surface area contributed by atoms with E-state index >= 15 is 0 Å². The summed E-state index contributed by atoms with van der Waals surface area (Å²) < 4.78 is 1.96. The van der Waals surface area contributed by atoms with Gasteiger partial charge in [0, 0.05) is 18.3 Å². The van der Waals surface area contributed by atoms with Crippen molar-refractivity contribution in [2.24, 2.45) is 5.73 Å². The van der Waals surface area contributed by atoms with Crippen LogP contribution in [0.4, 0.5) is 0 Å². The van der Waals surface area contributed by atoms with Crippen molar-refractivity contribution in [3.05, 3.63) is 52.8 Å². The van der Waals surface area contributed by atoms with Crippen LogP contribution in [0.2, 0.25) is 0 Å². The van der Waals surface area contributed by atoms with Gasteiger partial charge in [-0.1, -0.05) is 45.0 Å². The number of nitrogens with zero attached hydrogens (tertiary/aromatic N) is 2. The zero-order valence-electron chi connectivity index (χ0n) is 12.3. The lowest BCUT2D eigenvalue weighted by Gasteiger charge is -2.19. The third-order valence-electron chi connectivity index (χ3n) is 3.43. The van der Waals surface area contributed by atoms with Crippen molar-refractivity contribution in [1.82, 2.24) is 9.78 Å². The number of hydrogen-bond donors (Lipinski definition) is 1. The van der Waals surface area contributed by atoms with E-state index in [1.165, 1.54) is 11.1 Å². The molecule has 0 aliphatic carbocycles. The van der Waals surface area contributed by atoms with Crippen molar-refractivity contribution < 1.29 is 0 Å². The van der Waals surface area contributed by atoms with E-state index in [4.69, 9.17) is 5.73 Å². The van der Waals surface area contributed by atoms with E-state index in [-0.39, 0.29) is 5.41 Å². The van der Waals surface area contributed by atoms with Gasteiger partial charge in [-0.2, -0.15) is 5.10 Å². The van der Waals surface area contributed by atoms with Crippen molar-refractivity contribution in [1.29, 1.82) is 0 Å². The van der Waals surface area contributed by atoms with Gasteiger partial charge < -0.3 is 5.73 Å². The van der Waals surface area contributed by atoms with Crippen LogP contribution < -0.4 is 5.73 Å². The average Bonchev–Trinajstić information content (AvgIpc) is 2.69. The van der Waals surface area contributed by atoms with Crippen molar-refractivity contribution in [2.45, 2.75) is 46.2 Å². The van der Waals surface area contributed by atoms with E-state index in [1.807, 2.05) is 17.8 Å². The van der Waals surface area contributed by atoms with Crippen LogP contribution >= 0.6 is 0 Å². The van der Waals surface area contributed by atoms with Crippen LogP contribution in [-0.2, 0) is 18.5 Å². The first-order chi connectivity index (χ1) is 8.90. The molecule has 2 aromatic rings. The molecule has 1 heterocycles. The summed E-state index contributed by atoms with van der Waals surface area (Å²) in [6.45, 7) is 10.0. The van der Waals surface area contributed by atoms with Gasteiger partial charge in [0.1, 0.15) is 0 Å². The Morgan fingerprint density at radius 3 is 2.26 bits per heavy atom. The molecule has 1 aromatic heterocycles. The molecular formula is C16H23N3. The molecule has 0 saturated carbocycles. The van der Waals surface area contributed by atoms with E-state index in [2.05, 4.69) is 50.1 Å². The number of benzene rings is 1. The maximum Gasteiger partial charge on any atom is 0.0659 e. The Balaban J connectivity index is 2.15. The van der Waals surface area contributed by atoms with E-state index in [0.29, 0.717) is 6.54 Å². The summed E-state index contributed by atoms with van der Waals surface area (Å²) in [4.78, 5) is 0. The standard InChI is InChI=1S/C16H23N3/c1-12-14(9-17)11-19(18-12)10-13-5-7-15(8-6-13)16(2,3)4/h5-8,11H,9-10,17H2,1-4H3. The number of aryl methyl sites for hydroxylation is 1. The topological polar surface area (TPSA) is 43.8 Å². The first-order valence-electron chi connectivity index (χ1n) is 6.72. The van der Waals surface area contributed by atoms with Crippen LogP contribution in [0.5, 0.6) is 0 Å². The maximum atomic E-state index is 5.67. The molecule has 0 fully saturated rings. The highest BCUT2D eigenvalue weighted by Gasteiger charge is 2.13. The summed E-state index contributed by atoms with van der Waals surface area (Å²) in [5, 5.41) is 4.48. The zero-order valence-corrected chi connectivity index (χ0v) is 12.3. The second-order valence-electron chi connectivity index (χ2n) is 6.09. The molecule has 0 radical (unpaired) electrons. The molecule has 0 amide bonds. The minimum Gasteiger partial charge on any atom is -0.326 e. The largest absolute Gasteiger partial charge is 0.326 e. The highest BCUT2D eigenvalue weighted by atomic mass is 15.3. The Bertz CT molecular complexity index is 544. The Morgan fingerprint density at radius 2 is 1.79 bits per heavy atom. The Morgan fingerprint density at radius 1 is 1.16 bits per heavy atom. The molecule has 1 aromatic carbocycles. The molecule has 0 atom stereocenters. The molecule has 3 nitrogen and oxygen atoms in total. The summed E-state index contributed by atoms with van der Waals surface area (Å²) in [5.41, 5.74) is 10.6.